The van der Waals surface area contributed by atoms with Gasteiger partial charge in [-0.15, -0.1) is 0 Å². The summed E-state index contributed by atoms with van der Waals surface area (Å²) < 4.78 is 2.38. The molecule has 1 aromatic heterocycles. The third-order valence-corrected chi connectivity index (χ3v) is 8.77. The van der Waals surface area contributed by atoms with E-state index < -0.39 is 0 Å². The Kier molecular flexibility index (Phi) is 4.67. The summed E-state index contributed by atoms with van der Waals surface area (Å²) in [4.78, 5) is 0. The number of rotatable bonds is 3. The molecule has 9 rings (SSSR count). The fraction of sp³-hybridized carbons (Fsp3) is 0. The van der Waals surface area contributed by atoms with E-state index in [1.54, 1.807) is 0 Å². The Hall–Kier alpha value is -5.40. The monoisotopic (exact) mass is 519 g/mol. The Bertz CT molecular complexity index is 2260. The van der Waals surface area contributed by atoms with E-state index in [1.807, 2.05) is 0 Å². The van der Waals surface area contributed by atoms with Crippen LogP contribution in [0.15, 0.2) is 152 Å². The van der Waals surface area contributed by atoms with Crippen LogP contribution in [0, 0.1) is 0 Å². The molecular formula is C40H25N. The first-order chi connectivity index (χ1) is 20.3. The van der Waals surface area contributed by atoms with Crippen molar-refractivity contribution in [3.8, 4) is 50.2 Å². The molecule has 0 saturated heterocycles. The Morgan fingerprint density at radius 3 is 1.73 bits per heavy atom. The van der Waals surface area contributed by atoms with Crippen molar-refractivity contribution in [1.82, 2.24) is 4.57 Å². The van der Waals surface area contributed by atoms with Crippen molar-refractivity contribution >= 4 is 32.6 Å². The minimum atomic E-state index is 1.18. The van der Waals surface area contributed by atoms with E-state index in [2.05, 4.69) is 156 Å². The topological polar surface area (TPSA) is 4.93 Å². The fourth-order valence-electron chi connectivity index (χ4n) is 6.91. The molecule has 1 nitrogen and oxygen atoms in total. The highest BCUT2D eigenvalue weighted by Gasteiger charge is 2.22. The van der Waals surface area contributed by atoms with Crippen LogP contribution in [0.2, 0.25) is 0 Å². The molecule has 190 valence electrons. The molecule has 1 heteroatoms. The maximum Gasteiger partial charge on any atom is 0.0547 e. The molecule has 0 amide bonds. The second kappa shape index (κ2) is 8.55. The number of aromatic nitrogens is 1. The quantitative estimate of drug-likeness (QED) is 0.219. The van der Waals surface area contributed by atoms with E-state index >= 15 is 0 Å². The number of para-hydroxylation sites is 2. The van der Waals surface area contributed by atoms with Crippen molar-refractivity contribution in [3.63, 3.8) is 0 Å². The molecule has 7 aromatic carbocycles. The molecule has 0 atom stereocenters. The summed E-state index contributed by atoms with van der Waals surface area (Å²) in [6.45, 7) is 0. The Labute approximate surface area is 238 Å². The molecule has 0 spiro atoms. The third kappa shape index (κ3) is 3.24. The van der Waals surface area contributed by atoms with Gasteiger partial charge < -0.3 is 4.57 Å². The second-order valence-electron chi connectivity index (χ2n) is 10.9. The van der Waals surface area contributed by atoms with E-state index in [1.165, 1.54) is 82.8 Å². The van der Waals surface area contributed by atoms with Gasteiger partial charge >= 0.3 is 0 Å². The van der Waals surface area contributed by atoms with Crippen LogP contribution in [0.4, 0.5) is 0 Å². The van der Waals surface area contributed by atoms with Gasteiger partial charge in [0.25, 0.3) is 0 Å². The zero-order valence-corrected chi connectivity index (χ0v) is 22.4. The van der Waals surface area contributed by atoms with Crippen molar-refractivity contribution in [1.29, 1.82) is 0 Å². The number of fused-ring (bicyclic) bond motifs is 6. The predicted molar refractivity (Wildman–Crippen MR) is 174 cm³/mol. The first-order valence-corrected chi connectivity index (χ1v) is 14.2. The van der Waals surface area contributed by atoms with Gasteiger partial charge in [-0.1, -0.05) is 127 Å². The van der Waals surface area contributed by atoms with Crippen molar-refractivity contribution in [2.75, 3.05) is 0 Å². The highest BCUT2D eigenvalue weighted by atomic mass is 15.0. The molecule has 0 N–H and O–H groups in total. The smallest absolute Gasteiger partial charge is 0.0547 e. The summed E-state index contributed by atoms with van der Waals surface area (Å²) >= 11 is 0. The Morgan fingerprint density at radius 1 is 0.317 bits per heavy atom. The maximum atomic E-state index is 2.38. The molecule has 41 heavy (non-hydrogen) atoms. The van der Waals surface area contributed by atoms with E-state index in [0.717, 1.165) is 0 Å². The van der Waals surface area contributed by atoms with Gasteiger partial charge in [0.15, 0.2) is 0 Å². The Morgan fingerprint density at radius 2 is 0.902 bits per heavy atom. The zero-order chi connectivity index (χ0) is 26.9. The molecule has 8 aromatic rings. The van der Waals surface area contributed by atoms with Crippen molar-refractivity contribution in [3.05, 3.63) is 152 Å². The van der Waals surface area contributed by atoms with Crippen LogP contribution in [0.1, 0.15) is 0 Å². The van der Waals surface area contributed by atoms with Gasteiger partial charge in [0, 0.05) is 16.5 Å². The van der Waals surface area contributed by atoms with E-state index in [4.69, 9.17) is 0 Å². The van der Waals surface area contributed by atoms with Crippen LogP contribution in [-0.2, 0) is 0 Å². The summed E-state index contributed by atoms with van der Waals surface area (Å²) in [5.74, 6) is 0. The van der Waals surface area contributed by atoms with Gasteiger partial charge in [-0.05, 0) is 79.5 Å². The number of hydrogen-bond donors (Lipinski definition) is 0. The predicted octanol–water partition coefficient (Wildman–Crippen LogP) is 10.9. The van der Waals surface area contributed by atoms with Gasteiger partial charge in [0.2, 0.25) is 0 Å². The lowest BCUT2D eigenvalue weighted by Gasteiger charge is -2.11. The van der Waals surface area contributed by atoms with Crippen LogP contribution < -0.4 is 0 Å². The average molecular weight is 520 g/mol. The SMILES string of the molecule is c1ccc(-n2c3ccccc3c3ccc(-c4ccc(-c5ccc6c7c(cccc57)-c5ccccc5-6)cc4)cc32)cc1. The van der Waals surface area contributed by atoms with E-state index in [-0.39, 0.29) is 0 Å². The first-order valence-electron chi connectivity index (χ1n) is 14.2. The summed E-state index contributed by atoms with van der Waals surface area (Å²) in [7, 11) is 0. The lowest BCUT2D eigenvalue weighted by Crippen LogP contribution is -1.93. The van der Waals surface area contributed by atoms with E-state index in [9.17, 15) is 0 Å². The zero-order valence-electron chi connectivity index (χ0n) is 22.4. The molecule has 0 unspecified atom stereocenters. The molecule has 1 heterocycles. The van der Waals surface area contributed by atoms with Crippen molar-refractivity contribution in [2.24, 2.45) is 0 Å². The summed E-state index contributed by atoms with van der Waals surface area (Å²) in [6.07, 6.45) is 0. The largest absolute Gasteiger partial charge is 0.309 e. The molecule has 0 aliphatic heterocycles. The summed E-state index contributed by atoms with van der Waals surface area (Å²) in [6, 6.07) is 55.4. The standard InChI is InChI=1S/C40H25N/c1-2-9-29(10-3-1)41-38-16-7-6-13-33(38)34-22-21-28(25-39(34)41)26-17-19-27(20-18-26)30-23-24-37-32-12-5-4-11-31(32)36-15-8-14-35(30)40(36)37/h1-25H. The maximum absolute atomic E-state index is 2.38. The van der Waals surface area contributed by atoms with Crippen LogP contribution in [0.25, 0.3) is 82.8 Å². The number of nitrogens with zero attached hydrogens (tertiary/aromatic N) is 1. The van der Waals surface area contributed by atoms with Gasteiger partial charge in [-0.25, -0.2) is 0 Å². The van der Waals surface area contributed by atoms with Gasteiger partial charge in [-0.2, -0.15) is 0 Å². The average Bonchev–Trinajstić information content (AvgIpc) is 3.55. The molecule has 0 bridgehead atoms. The molecule has 0 radical (unpaired) electrons. The van der Waals surface area contributed by atoms with Crippen LogP contribution in [0.3, 0.4) is 0 Å². The van der Waals surface area contributed by atoms with Crippen LogP contribution >= 0.6 is 0 Å². The number of hydrogen-bond acceptors (Lipinski definition) is 0. The lowest BCUT2D eigenvalue weighted by molar-refractivity contribution is 1.18. The van der Waals surface area contributed by atoms with Crippen molar-refractivity contribution in [2.45, 2.75) is 0 Å². The highest BCUT2D eigenvalue weighted by Crippen LogP contribution is 2.49. The summed E-state index contributed by atoms with van der Waals surface area (Å²) in [5, 5.41) is 5.24. The normalized spacial score (nSPS) is 11.9. The minimum absolute atomic E-state index is 1.18. The molecule has 1 aliphatic rings. The van der Waals surface area contributed by atoms with Crippen LogP contribution in [0.5, 0.6) is 0 Å². The number of benzene rings is 7. The second-order valence-corrected chi connectivity index (χ2v) is 10.9. The minimum Gasteiger partial charge on any atom is -0.309 e. The van der Waals surface area contributed by atoms with Gasteiger partial charge in [0.05, 0.1) is 11.0 Å². The molecule has 0 saturated carbocycles. The fourth-order valence-corrected chi connectivity index (χ4v) is 6.91. The van der Waals surface area contributed by atoms with E-state index in [0.29, 0.717) is 0 Å². The van der Waals surface area contributed by atoms with Crippen molar-refractivity contribution < 1.29 is 0 Å². The third-order valence-electron chi connectivity index (χ3n) is 8.77. The van der Waals surface area contributed by atoms with Gasteiger partial charge in [-0.3, -0.25) is 0 Å². The molecule has 1 aliphatic carbocycles. The highest BCUT2D eigenvalue weighted by molar-refractivity contribution is 6.18. The summed E-state index contributed by atoms with van der Waals surface area (Å²) in [5.41, 5.74) is 14.0. The lowest BCUT2D eigenvalue weighted by atomic mass is 9.93. The first kappa shape index (κ1) is 22.4. The van der Waals surface area contributed by atoms with Gasteiger partial charge in [0.1, 0.15) is 0 Å². The molecular weight excluding hydrogens is 494 g/mol. The Balaban J connectivity index is 1.17. The van der Waals surface area contributed by atoms with Crippen LogP contribution in [-0.4, -0.2) is 4.57 Å². The molecule has 0 fully saturated rings.